The highest BCUT2D eigenvalue weighted by molar-refractivity contribution is 5.99. The van der Waals surface area contributed by atoms with Crippen LogP contribution in [0.1, 0.15) is 42.5 Å². The van der Waals surface area contributed by atoms with E-state index in [4.69, 9.17) is 5.73 Å². The smallest absolute Gasteiger partial charge is 0.256 e. The number of likely N-dealkylation sites (tertiary alicyclic amines) is 1. The van der Waals surface area contributed by atoms with E-state index in [0.717, 1.165) is 18.9 Å². The van der Waals surface area contributed by atoms with Gasteiger partial charge in [-0.15, -0.1) is 0 Å². The number of nitrogens with two attached hydrogens (primary N) is 1. The van der Waals surface area contributed by atoms with Crippen molar-refractivity contribution in [1.82, 2.24) is 4.90 Å². The maximum Gasteiger partial charge on any atom is 0.256 e. The van der Waals surface area contributed by atoms with Gasteiger partial charge in [0.1, 0.15) is 0 Å². The topological polar surface area (TPSA) is 46.3 Å². The van der Waals surface area contributed by atoms with Gasteiger partial charge in [-0.25, -0.2) is 0 Å². The molecule has 1 aliphatic heterocycles. The lowest BCUT2D eigenvalue weighted by atomic mass is 9.91. The lowest BCUT2D eigenvalue weighted by Gasteiger charge is -2.38. The summed E-state index contributed by atoms with van der Waals surface area (Å²) in [5.41, 5.74) is 7.19. The van der Waals surface area contributed by atoms with Gasteiger partial charge in [0.05, 0.1) is 5.56 Å². The van der Waals surface area contributed by atoms with Gasteiger partial charge in [0.25, 0.3) is 5.91 Å². The van der Waals surface area contributed by atoms with Gasteiger partial charge in [0.2, 0.25) is 0 Å². The molecule has 3 heteroatoms. The van der Waals surface area contributed by atoms with Crippen molar-refractivity contribution in [3.8, 4) is 0 Å². The minimum atomic E-state index is 0.129. The number of nitrogen functional groups attached to an aromatic ring is 1. The number of carbonyl (C=O) groups is 1. The normalized spacial score (nSPS) is 27.0. The highest BCUT2D eigenvalue weighted by Gasteiger charge is 2.37. The molecule has 0 spiro atoms. The van der Waals surface area contributed by atoms with E-state index in [0.29, 0.717) is 17.3 Å². The van der Waals surface area contributed by atoms with Crippen LogP contribution in [0.15, 0.2) is 24.3 Å². The lowest BCUT2D eigenvalue weighted by Crippen LogP contribution is -2.46. The van der Waals surface area contributed by atoms with Gasteiger partial charge in [-0.05, 0) is 43.7 Å². The molecule has 2 atom stereocenters. The Balaban J connectivity index is 1.86. The Morgan fingerprint density at radius 3 is 2.78 bits per heavy atom. The molecule has 0 radical (unpaired) electrons. The number of piperidine rings is 1. The summed E-state index contributed by atoms with van der Waals surface area (Å²) in [6.45, 7) is 0.897. The highest BCUT2D eigenvalue weighted by Crippen LogP contribution is 2.37. The van der Waals surface area contributed by atoms with Crippen LogP contribution in [0.25, 0.3) is 0 Å². The van der Waals surface area contributed by atoms with Gasteiger partial charge in [-0.3, -0.25) is 4.79 Å². The van der Waals surface area contributed by atoms with Crippen LogP contribution in [0.4, 0.5) is 5.69 Å². The van der Waals surface area contributed by atoms with Crippen molar-refractivity contribution in [3.63, 3.8) is 0 Å². The number of benzene rings is 1. The summed E-state index contributed by atoms with van der Waals surface area (Å²) in [6, 6.07) is 7.88. The third kappa shape index (κ3) is 1.88. The fourth-order valence-corrected chi connectivity index (χ4v) is 3.55. The Labute approximate surface area is 108 Å². The van der Waals surface area contributed by atoms with Crippen molar-refractivity contribution in [2.45, 2.75) is 38.1 Å². The van der Waals surface area contributed by atoms with Crippen LogP contribution in [0, 0.1) is 5.92 Å². The van der Waals surface area contributed by atoms with Crippen LogP contribution >= 0.6 is 0 Å². The van der Waals surface area contributed by atoms with Crippen LogP contribution in [0.2, 0.25) is 0 Å². The van der Waals surface area contributed by atoms with Crippen LogP contribution in [-0.2, 0) is 0 Å². The van der Waals surface area contributed by atoms with Crippen molar-refractivity contribution in [2.24, 2.45) is 5.92 Å². The van der Waals surface area contributed by atoms with Crippen molar-refractivity contribution in [2.75, 3.05) is 12.3 Å². The second-order valence-corrected chi connectivity index (χ2v) is 5.49. The first kappa shape index (κ1) is 11.6. The molecule has 1 heterocycles. The molecule has 96 valence electrons. The van der Waals surface area contributed by atoms with Crippen LogP contribution in [0.5, 0.6) is 0 Å². The number of carbonyl (C=O) groups excluding carboxylic acids is 1. The molecule has 2 N–H and O–H groups in total. The Morgan fingerprint density at radius 2 is 1.94 bits per heavy atom. The number of para-hydroxylation sites is 1. The molecule has 0 bridgehead atoms. The molecule has 1 saturated carbocycles. The third-order valence-electron chi connectivity index (χ3n) is 4.45. The molecule has 1 amide bonds. The van der Waals surface area contributed by atoms with Gasteiger partial charge >= 0.3 is 0 Å². The fraction of sp³-hybridized carbons (Fsp3) is 0.533. The monoisotopic (exact) mass is 244 g/mol. The largest absolute Gasteiger partial charge is 0.398 e. The van der Waals surface area contributed by atoms with Crippen LogP contribution in [-0.4, -0.2) is 23.4 Å². The number of fused-ring (bicyclic) bond motifs is 1. The second-order valence-electron chi connectivity index (χ2n) is 5.49. The lowest BCUT2D eigenvalue weighted by molar-refractivity contribution is 0.0549. The number of hydrogen-bond donors (Lipinski definition) is 1. The Hall–Kier alpha value is -1.51. The summed E-state index contributed by atoms with van der Waals surface area (Å²) in [6.07, 6.45) is 6.16. The van der Waals surface area contributed by atoms with E-state index in [1.54, 1.807) is 0 Å². The van der Waals surface area contributed by atoms with Crippen molar-refractivity contribution in [1.29, 1.82) is 0 Å². The zero-order chi connectivity index (χ0) is 12.5. The molecule has 3 rings (SSSR count). The summed E-state index contributed by atoms with van der Waals surface area (Å²) in [4.78, 5) is 14.7. The maximum atomic E-state index is 12.6. The molecule has 1 saturated heterocycles. The van der Waals surface area contributed by atoms with E-state index in [9.17, 15) is 4.79 Å². The van der Waals surface area contributed by atoms with Gasteiger partial charge in [-0.1, -0.05) is 18.6 Å². The molecule has 1 aromatic rings. The van der Waals surface area contributed by atoms with E-state index in [1.807, 2.05) is 24.3 Å². The molecule has 2 aliphatic rings. The van der Waals surface area contributed by atoms with Crippen molar-refractivity contribution >= 4 is 11.6 Å². The summed E-state index contributed by atoms with van der Waals surface area (Å²) >= 11 is 0. The first-order valence-corrected chi connectivity index (χ1v) is 6.93. The van der Waals surface area contributed by atoms with E-state index < -0.39 is 0 Å². The first-order valence-electron chi connectivity index (χ1n) is 6.93. The van der Waals surface area contributed by atoms with Gasteiger partial charge in [-0.2, -0.15) is 0 Å². The number of hydrogen-bond acceptors (Lipinski definition) is 2. The molecular weight excluding hydrogens is 224 g/mol. The molecule has 0 aromatic heterocycles. The predicted octanol–water partition coefficient (Wildman–Crippen LogP) is 2.67. The van der Waals surface area contributed by atoms with E-state index in [2.05, 4.69) is 4.90 Å². The Morgan fingerprint density at radius 1 is 1.17 bits per heavy atom. The van der Waals surface area contributed by atoms with Gasteiger partial charge in [0, 0.05) is 18.3 Å². The highest BCUT2D eigenvalue weighted by atomic mass is 16.2. The quantitative estimate of drug-likeness (QED) is 0.772. The maximum absolute atomic E-state index is 12.6. The second kappa shape index (κ2) is 4.63. The molecule has 2 fully saturated rings. The average molecular weight is 244 g/mol. The minimum Gasteiger partial charge on any atom is -0.398 e. The Bertz CT molecular complexity index is 458. The first-order chi connectivity index (χ1) is 8.77. The molecule has 1 aliphatic carbocycles. The summed E-state index contributed by atoms with van der Waals surface area (Å²) in [5, 5.41) is 0. The summed E-state index contributed by atoms with van der Waals surface area (Å²) < 4.78 is 0. The molecule has 1 aromatic carbocycles. The predicted molar refractivity (Wildman–Crippen MR) is 72.3 cm³/mol. The standard InChI is InChI=1S/C15H20N2O/c16-13-8-2-1-7-12(13)15(18)17-10-4-6-11-5-3-9-14(11)17/h1-2,7-8,11,14H,3-6,9-10,16H2. The van der Waals surface area contributed by atoms with E-state index in [-0.39, 0.29) is 5.91 Å². The fourth-order valence-electron chi connectivity index (χ4n) is 3.55. The zero-order valence-corrected chi connectivity index (χ0v) is 10.6. The average Bonchev–Trinajstić information content (AvgIpc) is 2.86. The molecule has 18 heavy (non-hydrogen) atoms. The van der Waals surface area contributed by atoms with Crippen molar-refractivity contribution in [3.05, 3.63) is 29.8 Å². The number of rotatable bonds is 1. The SMILES string of the molecule is Nc1ccccc1C(=O)N1CCCC2CCCC21. The zero-order valence-electron chi connectivity index (χ0n) is 10.6. The Kier molecular flexibility index (Phi) is 2.98. The number of nitrogens with zero attached hydrogens (tertiary/aromatic N) is 1. The van der Waals surface area contributed by atoms with Crippen molar-refractivity contribution < 1.29 is 4.79 Å². The third-order valence-corrected chi connectivity index (χ3v) is 4.45. The van der Waals surface area contributed by atoms with Crippen LogP contribution in [0.3, 0.4) is 0 Å². The molecule has 2 unspecified atom stereocenters. The summed E-state index contributed by atoms with van der Waals surface area (Å²) in [5.74, 6) is 0.859. The number of anilines is 1. The van der Waals surface area contributed by atoms with Gasteiger partial charge < -0.3 is 10.6 Å². The summed E-state index contributed by atoms with van der Waals surface area (Å²) in [7, 11) is 0. The molecular formula is C15H20N2O. The van der Waals surface area contributed by atoms with E-state index in [1.165, 1.54) is 25.7 Å². The molecule has 3 nitrogen and oxygen atoms in total. The minimum absolute atomic E-state index is 0.129. The van der Waals surface area contributed by atoms with Gasteiger partial charge in [0.15, 0.2) is 0 Å². The van der Waals surface area contributed by atoms with Crippen LogP contribution < -0.4 is 5.73 Å². The van der Waals surface area contributed by atoms with E-state index >= 15 is 0 Å². The number of amides is 1.